The van der Waals surface area contributed by atoms with Gasteiger partial charge in [0.15, 0.2) is 0 Å². The van der Waals surface area contributed by atoms with Crippen LogP contribution in [0.15, 0.2) is 30.7 Å². The minimum atomic E-state index is -0.0716. The number of aryl methyl sites for hydroxylation is 2. The van der Waals surface area contributed by atoms with Crippen LogP contribution in [0.1, 0.15) is 29.3 Å². The van der Waals surface area contributed by atoms with E-state index >= 15 is 0 Å². The monoisotopic (exact) mass is 300 g/mol. The first kappa shape index (κ1) is 14.7. The third-order valence-electron chi connectivity index (χ3n) is 4.00. The van der Waals surface area contributed by atoms with Gasteiger partial charge in [0.1, 0.15) is 0 Å². The van der Waals surface area contributed by atoms with Crippen molar-refractivity contribution >= 4 is 5.91 Å². The van der Waals surface area contributed by atoms with E-state index in [1.807, 2.05) is 30.2 Å². The van der Waals surface area contributed by atoms with E-state index in [9.17, 15) is 4.79 Å². The molecule has 0 unspecified atom stereocenters. The molecule has 0 radical (unpaired) electrons. The molecule has 6 heteroatoms. The first-order chi connectivity index (χ1) is 10.8. The average Bonchev–Trinajstić information content (AvgIpc) is 2.99. The molecular weight excluding hydrogens is 280 g/mol. The van der Waals surface area contributed by atoms with Crippen LogP contribution in [0.25, 0.3) is 0 Å². The van der Waals surface area contributed by atoms with E-state index in [2.05, 4.69) is 15.2 Å². The molecule has 1 saturated heterocycles. The summed E-state index contributed by atoms with van der Waals surface area (Å²) in [5.74, 6) is 0.145. The third-order valence-corrected chi connectivity index (χ3v) is 4.00. The molecule has 2 aromatic rings. The van der Waals surface area contributed by atoms with Crippen LogP contribution < -0.4 is 0 Å². The summed E-state index contributed by atoms with van der Waals surface area (Å²) < 4.78 is 5.55. The van der Waals surface area contributed by atoms with Gasteiger partial charge in [-0.15, -0.1) is 0 Å². The predicted octanol–water partition coefficient (Wildman–Crippen LogP) is 1.65. The Labute approximate surface area is 129 Å². The molecule has 1 fully saturated rings. The lowest BCUT2D eigenvalue weighted by Crippen LogP contribution is -2.43. The molecule has 1 N–H and O–H groups in total. The van der Waals surface area contributed by atoms with Crippen molar-refractivity contribution in [3.05, 3.63) is 47.5 Å². The number of amides is 1. The minimum absolute atomic E-state index is 0.0716. The number of hydrogen-bond donors (Lipinski definition) is 1. The summed E-state index contributed by atoms with van der Waals surface area (Å²) in [6.07, 6.45) is 6.52. The van der Waals surface area contributed by atoms with E-state index in [1.54, 1.807) is 12.4 Å². The van der Waals surface area contributed by atoms with Crippen LogP contribution in [0, 0.1) is 6.92 Å². The summed E-state index contributed by atoms with van der Waals surface area (Å²) in [7, 11) is 0. The Bertz CT molecular complexity index is 626. The number of nitrogens with one attached hydrogen (secondary N) is 1. The van der Waals surface area contributed by atoms with Crippen molar-refractivity contribution in [2.24, 2.45) is 0 Å². The first-order valence-corrected chi connectivity index (χ1v) is 7.51. The van der Waals surface area contributed by atoms with Gasteiger partial charge in [0.25, 0.3) is 0 Å². The molecule has 0 spiro atoms. The topological polar surface area (TPSA) is 71.1 Å². The van der Waals surface area contributed by atoms with Crippen molar-refractivity contribution in [3.63, 3.8) is 0 Å². The molecular formula is C16H20N4O2. The number of hydrogen-bond acceptors (Lipinski definition) is 4. The van der Waals surface area contributed by atoms with Crippen molar-refractivity contribution in [3.8, 4) is 0 Å². The summed E-state index contributed by atoms with van der Waals surface area (Å²) in [4.78, 5) is 18.6. The molecule has 6 nitrogen and oxygen atoms in total. The minimum Gasteiger partial charge on any atom is -0.377 e. The van der Waals surface area contributed by atoms with Crippen LogP contribution in [-0.2, 0) is 16.0 Å². The molecule has 1 amide bonds. The molecule has 1 aliphatic heterocycles. The number of nitrogens with zero attached hydrogens (tertiary/aromatic N) is 3. The molecule has 0 aliphatic carbocycles. The second-order valence-corrected chi connectivity index (χ2v) is 5.51. The number of aromatic nitrogens is 3. The zero-order chi connectivity index (χ0) is 15.4. The molecule has 1 aliphatic rings. The number of H-pyrrole nitrogens is 1. The fourth-order valence-corrected chi connectivity index (χ4v) is 2.78. The van der Waals surface area contributed by atoms with E-state index in [1.165, 1.54) is 0 Å². The maximum Gasteiger partial charge on any atom is 0.223 e. The van der Waals surface area contributed by atoms with Crippen LogP contribution in [0.2, 0.25) is 0 Å². The molecule has 1 atom stereocenters. The van der Waals surface area contributed by atoms with Gasteiger partial charge in [-0.2, -0.15) is 5.10 Å². The van der Waals surface area contributed by atoms with Crippen LogP contribution in [0.4, 0.5) is 0 Å². The van der Waals surface area contributed by atoms with Crippen LogP contribution >= 0.6 is 0 Å². The Morgan fingerprint density at radius 2 is 2.41 bits per heavy atom. The second-order valence-electron chi connectivity index (χ2n) is 5.51. The van der Waals surface area contributed by atoms with E-state index in [-0.39, 0.29) is 11.9 Å². The molecule has 3 rings (SSSR count). The summed E-state index contributed by atoms with van der Waals surface area (Å²) >= 11 is 0. The summed E-state index contributed by atoms with van der Waals surface area (Å²) in [6, 6.07) is 3.82. The fourth-order valence-electron chi connectivity index (χ4n) is 2.78. The van der Waals surface area contributed by atoms with Gasteiger partial charge < -0.3 is 9.64 Å². The van der Waals surface area contributed by atoms with Crippen molar-refractivity contribution in [2.75, 3.05) is 19.8 Å². The molecule has 0 aromatic carbocycles. The lowest BCUT2D eigenvalue weighted by molar-refractivity contribution is -0.140. The fraction of sp³-hybridized carbons (Fsp3) is 0.438. The van der Waals surface area contributed by atoms with Gasteiger partial charge in [0, 0.05) is 25.4 Å². The van der Waals surface area contributed by atoms with E-state index in [0.29, 0.717) is 32.6 Å². The summed E-state index contributed by atoms with van der Waals surface area (Å²) in [5, 5.41) is 7.06. The SMILES string of the molecule is Cc1cn[nH]c1[C@@H]1COCCN1C(=O)CCc1cccnc1. The predicted molar refractivity (Wildman–Crippen MR) is 81.2 cm³/mol. The van der Waals surface area contributed by atoms with Crippen LogP contribution in [-0.4, -0.2) is 45.7 Å². The van der Waals surface area contributed by atoms with Gasteiger partial charge in [-0.05, 0) is 30.5 Å². The normalized spacial score (nSPS) is 18.4. The Morgan fingerprint density at radius 1 is 1.50 bits per heavy atom. The number of pyridine rings is 1. The van der Waals surface area contributed by atoms with Gasteiger partial charge in [0.2, 0.25) is 5.91 Å². The Balaban J connectivity index is 1.68. The lowest BCUT2D eigenvalue weighted by Gasteiger charge is -2.35. The highest BCUT2D eigenvalue weighted by atomic mass is 16.5. The standard InChI is InChI=1S/C16H20N4O2/c1-12-9-18-19-16(12)14-11-22-8-7-20(14)15(21)5-4-13-3-2-6-17-10-13/h2-3,6,9-10,14H,4-5,7-8,11H2,1H3,(H,18,19)/t14-/m0/s1. The number of aromatic amines is 1. The molecule has 116 valence electrons. The zero-order valence-electron chi connectivity index (χ0n) is 12.7. The molecule has 0 saturated carbocycles. The van der Waals surface area contributed by atoms with E-state index in [4.69, 9.17) is 4.74 Å². The van der Waals surface area contributed by atoms with E-state index < -0.39 is 0 Å². The van der Waals surface area contributed by atoms with Gasteiger partial charge >= 0.3 is 0 Å². The number of carbonyl (C=O) groups excluding carboxylic acids is 1. The highest BCUT2D eigenvalue weighted by molar-refractivity contribution is 5.77. The van der Waals surface area contributed by atoms with Gasteiger partial charge in [-0.1, -0.05) is 6.07 Å². The maximum atomic E-state index is 12.6. The van der Waals surface area contributed by atoms with Gasteiger partial charge in [-0.25, -0.2) is 0 Å². The quantitative estimate of drug-likeness (QED) is 0.932. The van der Waals surface area contributed by atoms with Crippen molar-refractivity contribution in [1.29, 1.82) is 0 Å². The molecule has 22 heavy (non-hydrogen) atoms. The second kappa shape index (κ2) is 6.70. The number of carbonyl (C=O) groups is 1. The highest BCUT2D eigenvalue weighted by Crippen LogP contribution is 2.25. The summed E-state index contributed by atoms with van der Waals surface area (Å²) in [6.45, 7) is 3.71. The Morgan fingerprint density at radius 3 is 3.14 bits per heavy atom. The maximum absolute atomic E-state index is 12.6. The van der Waals surface area contributed by atoms with Crippen molar-refractivity contribution in [1.82, 2.24) is 20.1 Å². The molecule has 3 heterocycles. The third kappa shape index (κ3) is 3.17. The first-order valence-electron chi connectivity index (χ1n) is 7.51. The largest absolute Gasteiger partial charge is 0.377 e. The number of ether oxygens (including phenoxy) is 1. The Kier molecular flexibility index (Phi) is 4.48. The van der Waals surface area contributed by atoms with Crippen LogP contribution in [0.3, 0.4) is 0 Å². The van der Waals surface area contributed by atoms with Crippen molar-refractivity contribution in [2.45, 2.75) is 25.8 Å². The van der Waals surface area contributed by atoms with Gasteiger partial charge in [0.05, 0.1) is 31.1 Å². The average molecular weight is 300 g/mol. The molecule has 0 bridgehead atoms. The van der Waals surface area contributed by atoms with E-state index in [0.717, 1.165) is 16.8 Å². The highest BCUT2D eigenvalue weighted by Gasteiger charge is 2.30. The van der Waals surface area contributed by atoms with Crippen molar-refractivity contribution < 1.29 is 9.53 Å². The lowest BCUT2D eigenvalue weighted by atomic mass is 10.1. The molecule has 2 aromatic heterocycles. The number of morpholine rings is 1. The summed E-state index contributed by atoms with van der Waals surface area (Å²) in [5.41, 5.74) is 3.10. The van der Waals surface area contributed by atoms with Gasteiger partial charge in [-0.3, -0.25) is 14.9 Å². The zero-order valence-corrected chi connectivity index (χ0v) is 12.7. The van der Waals surface area contributed by atoms with Crippen LogP contribution in [0.5, 0.6) is 0 Å². The number of rotatable bonds is 4. The Hall–Kier alpha value is -2.21. The smallest absolute Gasteiger partial charge is 0.223 e.